The van der Waals surface area contributed by atoms with Gasteiger partial charge in [0.2, 0.25) is 0 Å². The zero-order valence-corrected chi connectivity index (χ0v) is 16.2. The van der Waals surface area contributed by atoms with E-state index in [9.17, 15) is 4.39 Å². The Hall–Kier alpha value is -1.03. The second-order valence-corrected chi connectivity index (χ2v) is 8.45. The maximum absolute atomic E-state index is 14.1. The summed E-state index contributed by atoms with van der Waals surface area (Å²) in [6.45, 7) is 9.20. The van der Waals surface area contributed by atoms with Gasteiger partial charge in [-0.25, -0.2) is 8.79 Å². The smallest absolute Gasteiger partial charge is 0.165 e. The monoisotopic (exact) mass is 351 g/mol. The van der Waals surface area contributed by atoms with Crippen molar-refractivity contribution in [1.29, 1.82) is 0 Å². The van der Waals surface area contributed by atoms with Crippen LogP contribution >= 0.6 is 11.9 Å². The standard InChI is InChI=1S/C20H30FNOS/c1-5-6-13-24-22-19(20(2,3)4)16-9-10-17(21)18(14-16)23-12-11-15-7-8-15/h9-10,14-15H,5-8,11-13H2,1-4H3/b22-19-. The minimum absolute atomic E-state index is 0.0949. The summed E-state index contributed by atoms with van der Waals surface area (Å²) in [4.78, 5) is 0. The Balaban J connectivity index is 2.12. The lowest BCUT2D eigenvalue weighted by atomic mass is 9.85. The van der Waals surface area contributed by atoms with E-state index in [0.29, 0.717) is 12.4 Å². The number of rotatable bonds is 9. The quantitative estimate of drug-likeness (QED) is 0.296. The Labute approximate surface area is 150 Å². The fourth-order valence-electron chi connectivity index (χ4n) is 2.45. The highest BCUT2D eigenvalue weighted by Crippen LogP contribution is 2.33. The van der Waals surface area contributed by atoms with Crippen LogP contribution in [0.4, 0.5) is 4.39 Å². The van der Waals surface area contributed by atoms with Crippen molar-refractivity contribution < 1.29 is 9.13 Å². The topological polar surface area (TPSA) is 21.6 Å². The predicted octanol–water partition coefficient (Wildman–Crippen LogP) is 6.29. The highest BCUT2D eigenvalue weighted by molar-refractivity contribution is 7.98. The van der Waals surface area contributed by atoms with Crippen molar-refractivity contribution in [2.75, 3.05) is 12.4 Å². The molecule has 0 aromatic heterocycles. The molecule has 0 saturated heterocycles. The Morgan fingerprint density at radius 2 is 2.08 bits per heavy atom. The lowest BCUT2D eigenvalue weighted by Crippen LogP contribution is -2.21. The molecule has 134 valence electrons. The molecule has 0 bridgehead atoms. The largest absolute Gasteiger partial charge is 0.490 e. The molecule has 0 spiro atoms. The van der Waals surface area contributed by atoms with Crippen molar-refractivity contribution in [2.24, 2.45) is 15.7 Å². The van der Waals surface area contributed by atoms with Crippen molar-refractivity contribution in [2.45, 2.75) is 59.8 Å². The van der Waals surface area contributed by atoms with Crippen LogP contribution in [0.5, 0.6) is 5.75 Å². The first kappa shape index (κ1) is 19.3. The van der Waals surface area contributed by atoms with Gasteiger partial charge in [0.25, 0.3) is 0 Å². The van der Waals surface area contributed by atoms with Gasteiger partial charge in [-0.15, -0.1) is 0 Å². The summed E-state index contributed by atoms with van der Waals surface area (Å²) in [6.07, 6.45) is 5.94. The molecule has 2 nitrogen and oxygen atoms in total. The molecule has 24 heavy (non-hydrogen) atoms. The fraction of sp³-hybridized carbons (Fsp3) is 0.650. The van der Waals surface area contributed by atoms with Gasteiger partial charge < -0.3 is 4.74 Å². The second kappa shape index (κ2) is 8.89. The van der Waals surface area contributed by atoms with E-state index in [1.807, 2.05) is 12.1 Å². The molecular weight excluding hydrogens is 321 g/mol. The molecule has 0 unspecified atom stereocenters. The molecule has 1 aliphatic carbocycles. The van der Waals surface area contributed by atoms with Crippen LogP contribution in [-0.2, 0) is 0 Å². The third-order valence-corrected chi connectivity index (χ3v) is 4.92. The summed E-state index contributed by atoms with van der Waals surface area (Å²) in [7, 11) is 0. The summed E-state index contributed by atoms with van der Waals surface area (Å²) >= 11 is 1.60. The molecule has 0 N–H and O–H groups in total. The molecule has 0 amide bonds. The molecule has 0 radical (unpaired) electrons. The molecule has 1 fully saturated rings. The van der Waals surface area contributed by atoms with Crippen molar-refractivity contribution in [3.63, 3.8) is 0 Å². The van der Waals surface area contributed by atoms with Gasteiger partial charge in [-0.1, -0.05) is 47.0 Å². The Bertz CT molecular complexity index is 561. The number of hydrogen-bond donors (Lipinski definition) is 0. The lowest BCUT2D eigenvalue weighted by molar-refractivity contribution is 0.288. The van der Waals surface area contributed by atoms with E-state index >= 15 is 0 Å². The first-order chi connectivity index (χ1) is 11.4. The first-order valence-electron chi connectivity index (χ1n) is 9.05. The molecule has 0 heterocycles. The third kappa shape index (κ3) is 6.12. The summed E-state index contributed by atoms with van der Waals surface area (Å²) in [5.41, 5.74) is 1.85. The van der Waals surface area contributed by atoms with Crippen LogP contribution in [-0.4, -0.2) is 18.1 Å². The molecule has 4 heteroatoms. The lowest BCUT2D eigenvalue weighted by Gasteiger charge is -2.22. The summed E-state index contributed by atoms with van der Waals surface area (Å²) in [5.74, 6) is 1.87. The molecule has 1 aromatic rings. The normalized spacial score (nSPS) is 15.6. The number of unbranched alkanes of at least 4 members (excludes halogenated alkanes) is 1. The number of ether oxygens (including phenoxy) is 1. The van der Waals surface area contributed by atoms with Crippen molar-refractivity contribution >= 4 is 17.7 Å². The fourth-order valence-corrected chi connectivity index (χ4v) is 3.46. The molecule has 2 rings (SSSR count). The predicted molar refractivity (Wildman–Crippen MR) is 103 cm³/mol. The van der Waals surface area contributed by atoms with Gasteiger partial charge >= 0.3 is 0 Å². The van der Waals surface area contributed by atoms with Crippen LogP contribution in [0, 0.1) is 17.2 Å². The van der Waals surface area contributed by atoms with Crippen molar-refractivity contribution in [3.8, 4) is 5.75 Å². The number of hydrogen-bond acceptors (Lipinski definition) is 3. The zero-order valence-electron chi connectivity index (χ0n) is 15.4. The van der Waals surface area contributed by atoms with Gasteiger partial charge in [-0.3, -0.25) is 0 Å². The molecule has 0 atom stereocenters. The molecule has 0 aliphatic heterocycles. The van der Waals surface area contributed by atoms with Crippen LogP contribution in [0.1, 0.15) is 65.4 Å². The van der Waals surface area contributed by atoms with Gasteiger partial charge in [-0.2, -0.15) is 0 Å². The van der Waals surface area contributed by atoms with Gasteiger partial charge in [0, 0.05) is 16.7 Å². The number of halogens is 1. The van der Waals surface area contributed by atoms with Crippen molar-refractivity contribution in [3.05, 3.63) is 29.6 Å². The average Bonchev–Trinajstić information content (AvgIpc) is 3.32. The van der Waals surface area contributed by atoms with E-state index in [1.165, 1.54) is 25.3 Å². The SMILES string of the molecule is CCCCS/N=C(/c1ccc(F)c(OCCC2CC2)c1)C(C)(C)C. The molecule has 1 aromatic carbocycles. The van der Waals surface area contributed by atoms with Crippen LogP contribution in [0.3, 0.4) is 0 Å². The molecule has 1 saturated carbocycles. The van der Waals surface area contributed by atoms with E-state index in [4.69, 9.17) is 9.13 Å². The molecule has 1 aliphatic rings. The highest BCUT2D eigenvalue weighted by Gasteiger charge is 2.23. The Kier molecular flexibility index (Phi) is 7.15. The van der Waals surface area contributed by atoms with E-state index in [0.717, 1.165) is 35.8 Å². The van der Waals surface area contributed by atoms with Crippen LogP contribution < -0.4 is 4.74 Å². The minimum atomic E-state index is -0.290. The maximum Gasteiger partial charge on any atom is 0.165 e. The van der Waals surface area contributed by atoms with E-state index in [1.54, 1.807) is 11.9 Å². The Morgan fingerprint density at radius 1 is 1.33 bits per heavy atom. The van der Waals surface area contributed by atoms with Gasteiger partial charge in [0.15, 0.2) is 11.6 Å². The highest BCUT2D eigenvalue weighted by atomic mass is 32.2. The van der Waals surface area contributed by atoms with E-state index in [-0.39, 0.29) is 11.2 Å². The van der Waals surface area contributed by atoms with Gasteiger partial charge in [0.1, 0.15) is 0 Å². The van der Waals surface area contributed by atoms with E-state index < -0.39 is 0 Å². The van der Waals surface area contributed by atoms with Crippen molar-refractivity contribution in [1.82, 2.24) is 0 Å². The maximum atomic E-state index is 14.1. The first-order valence-corrected chi connectivity index (χ1v) is 9.99. The second-order valence-electron chi connectivity index (χ2n) is 7.60. The van der Waals surface area contributed by atoms with Gasteiger partial charge in [0.05, 0.1) is 12.3 Å². The van der Waals surface area contributed by atoms with Crippen LogP contribution in [0.2, 0.25) is 0 Å². The Morgan fingerprint density at radius 3 is 2.71 bits per heavy atom. The van der Waals surface area contributed by atoms with Gasteiger partial charge in [-0.05, 0) is 48.9 Å². The number of nitrogens with zero attached hydrogens (tertiary/aromatic N) is 1. The van der Waals surface area contributed by atoms with Crippen LogP contribution in [0.15, 0.2) is 22.6 Å². The third-order valence-electron chi connectivity index (χ3n) is 4.14. The summed E-state index contributed by atoms with van der Waals surface area (Å²) in [5, 5.41) is 0. The zero-order chi connectivity index (χ0) is 17.6. The molecular formula is C20H30FNOS. The minimum Gasteiger partial charge on any atom is -0.490 e. The summed E-state index contributed by atoms with van der Waals surface area (Å²) < 4.78 is 24.5. The summed E-state index contributed by atoms with van der Waals surface area (Å²) in [6, 6.07) is 5.13. The number of benzene rings is 1. The van der Waals surface area contributed by atoms with Crippen LogP contribution in [0.25, 0.3) is 0 Å². The average molecular weight is 352 g/mol. The van der Waals surface area contributed by atoms with E-state index in [2.05, 4.69) is 27.7 Å².